The highest BCUT2D eigenvalue weighted by molar-refractivity contribution is 6.17. The third kappa shape index (κ3) is 8.07. The molecule has 0 aliphatic rings. The molecular weight excluding hydrogens is 254 g/mol. The van der Waals surface area contributed by atoms with Gasteiger partial charge in [-0.3, -0.25) is 0 Å². The van der Waals surface area contributed by atoms with Crippen molar-refractivity contribution in [1.29, 1.82) is 0 Å². The summed E-state index contributed by atoms with van der Waals surface area (Å²) in [5.41, 5.74) is 3.88. The molecule has 0 aromatic heterocycles. The average Bonchev–Trinajstić information content (AvgIpc) is 2.38. The fraction of sp³-hybridized carbons (Fsp3) is 0.529. The molecule has 0 atom stereocenters. The molecule has 2 heteroatoms. The van der Waals surface area contributed by atoms with Crippen LogP contribution in [0, 0.1) is 0 Å². The second kappa shape index (κ2) is 11.1. The molecule has 0 bridgehead atoms. The van der Waals surface area contributed by atoms with Crippen molar-refractivity contribution in [1.82, 2.24) is 4.90 Å². The normalized spacial score (nSPS) is 10.0. The van der Waals surface area contributed by atoms with Gasteiger partial charge in [0.1, 0.15) is 0 Å². The summed E-state index contributed by atoms with van der Waals surface area (Å²) in [6, 6.07) is 6.28. The smallest absolute Gasteiger partial charge is 0.0477 e. The lowest BCUT2D eigenvalue weighted by Gasteiger charge is -2.10. The molecule has 0 N–H and O–H groups in total. The topological polar surface area (TPSA) is 3.24 Å². The Morgan fingerprint density at radius 1 is 1.21 bits per heavy atom. The summed E-state index contributed by atoms with van der Waals surface area (Å²) in [5, 5.41) is 0. The third-order valence-corrected chi connectivity index (χ3v) is 2.99. The molecule has 0 heterocycles. The first-order valence-corrected chi connectivity index (χ1v) is 7.50. The number of rotatable bonds is 6. The SMILES string of the molecule is C=Cc1cccc(CCl)c1CCCCC.CN(C)C. The second-order valence-corrected chi connectivity index (χ2v) is 5.39. The molecule has 0 saturated carbocycles. The first kappa shape index (κ1) is 18.2. The van der Waals surface area contributed by atoms with E-state index in [1.54, 1.807) is 0 Å². The van der Waals surface area contributed by atoms with E-state index < -0.39 is 0 Å². The summed E-state index contributed by atoms with van der Waals surface area (Å²) in [5.74, 6) is 0.600. The number of benzene rings is 1. The standard InChI is InChI=1S/C14H19Cl.C3H9N/c1-3-5-6-10-14-12(4-2)8-7-9-13(14)11-15;1-4(2)3/h4,7-9H,2-3,5-6,10-11H2,1H3;1-3H3. The quantitative estimate of drug-likeness (QED) is 0.525. The maximum atomic E-state index is 5.94. The second-order valence-electron chi connectivity index (χ2n) is 5.12. The van der Waals surface area contributed by atoms with E-state index in [1.807, 2.05) is 32.1 Å². The number of unbranched alkanes of at least 4 members (excludes halogenated alkanes) is 2. The van der Waals surface area contributed by atoms with Gasteiger partial charge < -0.3 is 4.90 Å². The Morgan fingerprint density at radius 2 is 1.84 bits per heavy atom. The fourth-order valence-electron chi connectivity index (χ4n) is 1.83. The van der Waals surface area contributed by atoms with Crippen LogP contribution in [-0.2, 0) is 12.3 Å². The molecule has 1 aromatic rings. The Bertz CT molecular complexity index is 356. The molecule has 0 radical (unpaired) electrons. The average molecular weight is 282 g/mol. The van der Waals surface area contributed by atoms with Crippen LogP contribution in [0.1, 0.15) is 42.9 Å². The molecule has 1 aromatic carbocycles. The van der Waals surface area contributed by atoms with Crippen LogP contribution in [0.5, 0.6) is 0 Å². The van der Waals surface area contributed by atoms with E-state index in [-0.39, 0.29) is 0 Å². The highest BCUT2D eigenvalue weighted by Crippen LogP contribution is 2.20. The van der Waals surface area contributed by atoms with Crippen LogP contribution in [0.3, 0.4) is 0 Å². The van der Waals surface area contributed by atoms with E-state index in [9.17, 15) is 0 Å². The van der Waals surface area contributed by atoms with E-state index in [0.29, 0.717) is 5.88 Å². The number of hydrogen-bond acceptors (Lipinski definition) is 1. The van der Waals surface area contributed by atoms with Crippen molar-refractivity contribution in [3.63, 3.8) is 0 Å². The Kier molecular flexibility index (Phi) is 10.6. The molecular formula is C17H28ClN. The Hall–Kier alpha value is -0.790. The Morgan fingerprint density at radius 3 is 2.32 bits per heavy atom. The van der Waals surface area contributed by atoms with Gasteiger partial charge in [-0.25, -0.2) is 0 Å². The molecule has 0 aliphatic carbocycles. The highest BCUT2D eigenvalue weighted by Gasteiger charge is 2.04. The van der Waals surface area contributed by atoms with Crippen LogP contribution in [0.15, 0.2) is 24.8 Å². The van der Waals surface area contributed by atoms with Gasteiger partial charge in [-0.05, 0) is 50.7 Å². The Labute approximate surface area is 124 Å². The van der Waals surface area contributed by atoms with E-state index in [0.717, 1.165) is 6.42 Å². The van der Waals surface area contributed by atoms with Crippen LogP contribution in [0.25, 0.3) is 6.08 Å². The first-order chi connectivity index (χ1) is 9.06. The van der Waals surface area contributed by atoms with Crippen molar-refractivity contribution in [2.24, 2.45) is 0 Å². The monoisotopic (exact) mass is 281 g/mol. The fourth-order valence-corrected chi connectivity index (χ4v) is 2.08. The van der Waals surface area contributed by atoms with Gasteiger partial charge in [0.05, 0.1) is 0 Å². The summed E-state index contributed by atoms with van der Waals surface area (Å²) in [4.78, 5) is 2.00. The van der Waals surface area contributed by atoms with Crippen molar-refractivity contribution in [2.45, 2.75) is 38.5 Å². The first-order valence-electron chi connectivity index (χ1n) is 6.96. The van der Waals surface area contributed by atoms with E-state index in [2.05, 4.69) is 31.7 Å². The molecule has 1 nitrogen and oxygen atoms in total. The maximum absolute atomic E-state index is 5.94. The minimum absolute atomic E-state index is 0.600. The van der Waals surface area contributed by atoms with Crippen molar-refractivity contribution in [2.75, 3.05) is 21.1 Å². The van der Waals surface area contributed by atoms with Gasteiger partial charge >= 0.3 is 0 Å². The van der Waals surface area contributed by atoms with Gasteiger partial charge in [0, 0.05) is 5.88 Å². The van der Waals surface area contributed by atoms with Crippen LogP contribution in [0.2, 0.25) is 0 Å². The van der Waals surface area contributed by atoms with Crippen molar-refractivity contribution in [3.8, 4) is 0 Å². The summed E-state index contributed by atoms with van der Waals surface area (Å²) in [6.45, 7) is 6.08. The number of alkyl halides is 1. The molecule has 19 heavy (non-hydrogen) atoms. The van der Waals surface area contributed by atoms with Crippen LogP contribution >= 0.6 is 11.6 Å². The zero-order valence-electron chi connectivity index (χ0n) is 12.9. The predicted octanol–water partition coefficient (Wildman–Crippen LogP) is 4.98. The van der Waals surface area contributed by atoms with E-state index in [4.69, 9.17) is 11.6 Å². The molecule has 1 rings (SSSR count). The van der Waals surface area contributed by atoms with Crippen LogP contribution in [-0.4, -0.2) is 26.0 Å². The summed E-state index contributed by atoms with van der Waals surface area (Å²) >= 11 is 5.94. The maximum Gasteiger partial charge on any atom is 0.0477 e. The molecule has 0 aliphatic heterocycles. The molecule has 0 spiro atoms. The molecule has 0 fully saturated rings. The molecule has 0 amide bonds. The predicted molar refractivity (Wildman–Crippen MR) is 88.9 cm³/mol. The van der Waals surface area contributed by atoms with Crippen LogP contribution in [0.4, 0.5) is 0 Å². The third-order valence-electron chi connectivity index (χ3n) is 2.70. The van der Waals surface area contributed by atoms with Gasteiger partial charge in [0.15, 0.2) is 0 Å². The van der Waals surface area contributed by atoms with E-state index in [1.165, 1.54) is 36.0 Å². The van der Waals surface area contributed by atoms with Gasteiger partial charge in [0.25, 0.3) is 0 Å². The summed E-state index contributed by atoms with van der Waals surface area (Å²) < 4.78 is 0. The lowest BCUT2D eigenvalue weighted by Crippen LogP contribution is -1.99. The zero-order chi connectivity index (χ0) is 14.7. The van der Waals surface area contributed by atoms with Gasteiger partial charge in [0.2, 0.25) is 0 Å². The molecule has 0 saturated heterocycles. The minimum Gasteiger partial charge on any atom is -0.312 e. The largest absolute Gasteiger partial charge is 0.312 e. The van der Waals surface area contributed by atoms with Crippen LogP contribution < -0.4 is 0 Å². The zero-order valence-corrected chi connectivity index (χ0v) is 13.6. The lowest BCUT2D eigenvalue weighted by atomic mass is 9.96. The Balaban J connectivity index is 0.000000711. The minimum atomic E-state index is 0.600. The number of nitrogens with zero attached hydrogens (tertiary/aromatic N) is 1. The number of hydrogen-bond donors (Lipinski definition) is 0. The highest BCUT2D eigenvalue weighted by atomic mass is 35.5. The lowest BCUT2D eigenvalue weighted by molar-refractivity contribution is 0.505. The van der Waals surface area contributed by atoms with E-state index >= 15 is 0 Å². The summed E-state index contributed by atoms with van der Waals surface area (Å²) in [6.07, 6.45) is 6.83. The number of halogens is 1. The molecule has 108 valence electrons. The van der Waals surface area contributed by atoms with Gasteiger partial charge in [-0.15, -0.1) is 11.6 Å². The van der Waals surface area contributed by atoms with Crippen molar-refractivity contribution < 1.29 is 0 Å². The molecule has 0 unspecified atom stereocenters. The summed E-state index contributed by atoms with van der Waals surface area (Å²) in [7, 11) is 6.00. The van der Waals surface area contributed by atoms with Crippen molar-refractivity contribution >= 4 is 17.7 Å². The van der Waals surface area contributed by atoms with Gasteiger partial charge in [-0.2, -0.15) is 0 Å². The van der Waals surface area contributed by atoms with Gasteiger partial charge in [-0.1, -0.05) is 50.6 Å². The van der Waals surface area contributed by atoms with Crippen molar-refractivity contribution in [3.05, 3.63) is 41.5 Å².